The fraction of sp³-hybridized carbons (Fsp3) is 0.500. The standard InChI is InChI=1S/C18H23N3O3/c1-12-7-3-6-10-14(12)18(2)16(23)21(17(24)20-18)11-15(22)19-13-8-4-5-9-13/h3,6-7,10,13H,4-5,8-9,11H2,1-2H3,(H,19,22)(H,20,24)/t18-/m0/s1. The van der Waals surface area contributed by atoms with Gasteiger partial charge in [-0.1, -0.05) is 37.1 Å². The molecule has 1 aliphatic carbocycles. The molecule has 1 saturated carbocycles. The van der Waals surface area contributed by atoms with E-state index in [1.165, 1.54) is 0 Å². The predicted molar refractivity (Wildman–Crippen MR) is 89.2 cm³/mol. The Labute approximate surface area is 141 Å². The lowest BCUT2D eigenvalue weighted by atomic mass is 9.88. The maximum atomic E-state index is 12.8. The molecule has 6 heteroatoms. The molecule has 0 aromatic heterocycles. The third-order valence-corrected chi connectivity index (χ3v) is 4.98. The molecule has 1 heterocycles. The zero-order chi connectivity index (χ0) is 17.3. The highest BCUT2D eigenvalue weighted by Gasteiger charge is 2.50. The molecule has 128 valence electrons. The predicted octanol–water partition coefficient (Wildman–Crippen LogP) is 1.82. The van der Waals surface area contributed by atoms with Crippen LogP contribution in [0.2, 0.25) is 0 Å². The van der Waals surface area contributed by atoms with Gasteiger partial charge in [0, 0.05) is 6.04 Å². The van der Waals surface area contributed by atoms with Crippen molar-refractivity contribution in [2.24, 2.45) is 0 Å². The lowest BCUT2D eigenvalue weighted by Gasteiger charge is -2.24. The van der Waals surface area contributed by atoms with Crippen molar-refractivity contribution in [3.63, 3.8) is 0 Å². The summed E-state index contributed by atoms with van der Waals surface area (Å²) < 4.78 is 0. The minimum Gasteiger partial charge on any atom is -0.352 e. The number of carbonyl (C=O) groups is 3. The summed E-state index contributed by atoms with van der Waals surface area (Å²) >= 11 is 0. The van der Waals surface area contributed by atoms with Crippen molar-refractivity contribution in [1.29, 1.82) is 0 Å². The van der Waals surface area contributed by atoms with E-state index in [1.807, 2.05) is 31.2 Å². The van der Waals surface area contributed by atoms with Crippen LogP contribution >= 0.6 is 0 Å². The van der Waals surface area contributed by atoms with Crippen molar-refractivity contribution >= 4 is 17.8 Å². The fourth-order valence-corrected chi connectivity index (χ4v) is 3.64. The largest absolute Gasteiger partial charge is 0.352 e. The molecular formula is C18H23N3O3. The second kappa shape index (κ2) is 6.26. The van der Waals surface area contributed by atoms with E-state index in [-0.39, 0.29) is 24.4 Å². The number of hydrogen-bond donors (Lipinski definition) is 2. The van der Waals surface area contributed by atoms with E-state index in [0.29, 0.717) is 0 Å². The maximum absolute atomic E-state index is 12.8. The van der Waals surface area contributed by atoms with Crippen LogP contribution in [0.5, 0.6) is 0 Å². The number of amides is 4. The Morgan fingerprint density at radius 1 is 1.29 bits per heavy atom. The van der Waals surface area contributed by atoms with Crippen LogP contribution in [0.25, 0.3) is 0 Å². The summed E-state index contributed by atoms with van der Waals surface area (Å²) in [7, 11) is 0. The maximum Gasteiger partial charge on any atom is 0.325 e. The Balaban J connectivity index is 1.74. The number of benzene rings is 1. The van der Waals surface area contributed by atoms with E-state index in [4.69, 9.17) is 0 Å². The van der Waals surface area contributed by atoms with Crippen molar-refractivity contribution < 1.29 is 14.4 Å². The van der Waals surface area contributed by atoms with E-state index >= 15 is 0 Å². The minimum atomic E-state index is -1.13. The van der Waals surface area contributed by atoms with Crippen molar-refractivity contribution in [3.05, 3.63) is 35.4 Å². The van der Waals surface area contributed by atoms with Gasteiger partial charge in [-0.3, -0.25) is 14.5 Å². The van der Waals surface area contributed by atoms with Crippen molar-refractivity contribution in [1.82, 2.24) is 15.5 Å². The summed E-state index contributed by atoms with van der Waals surface area (Å²) in [6.45, 7) is 3.35. The number of aryl methyl sites for hydroxylation is 1. The molecule has 1 aromatic carbocycles. The number of rotatable bonds is 4. The van der Waals surface area contributed by atoms with Crippen LogP contribution < -0.4 is 10.6 Å². The van der Waals surface area contributed by atoms with Crippen LogP contribution in [0.3, 0.4) is 0 Å². The first-order valence-electron chi connectivity index (χ1n) is 8.41. The highest BCUT2D eigenvalue weighted by atomic mass is 16.2. The fourth-order valence-electron chi connectivity index (χ4n) is 3.64. The van der Waals surface area contributed by atoms with Gasteiger partial charge in [-0.2, -0.15) is 0 Å². The molecule has 24 heavy (non-hydrogen) atoms. The molecule has 1 atom stereocenters. The lowest BCUT2D eigenvalue weighted by molar-refractivity contribution is -0.135. The van der Waals surface area contributed by atoms with Crippen molar-refractivity contribution in [2.45, 2.75) is 51.1 Å². The molecule has 4 amide bonds. The van der Waals surface area contributed by atoms with E-state index < -0.39 is 11.6 Å². The van der Waals surface area contributed by atoms with Crippen LogP contribution in [0.1, 0.15) is 43.7 Å². The molecule has 1 aromatic rings. The molecule has 2 fully saturated rings. The smallest absolute Gasteiger partial charge is 0.325 e. The van der Waals surface area contributed by atoms with Gasteiger partial charge in [-0.25, -0.2) is 4.79 Å². The Kier molecular flexibility index (Phi) is 4.30. The van der Waals surface area contributed by atoms with E-state index in [1.54, 1.807) is 6.92 Å². The molecule has 6 nitrogen and oxygen atoms in total. The SMILES string of the molecule is Cc1ccccc1[C@]1(C)NC(=O)N(CC(=O)NC2CCCC2)C1=O. The molecule has 3 rings (SSSR count). The van der Waals surface area contributed by atoms with Gasteiger partial charge in [0.15, 0.2) is 0 Å². The average Bonchev–Trinajstić information content (AvgIpc) is 3.11. The first-order chi connectivity index (χ1) is 11.4. The Morgan fingerprint density at radius 3 is 2.62 bits per heavy atom. The van der Waals surface area contributed by atoms with E-state index in [9.17, 15) is 14.4 Å². The first-order valence-corrected chi connectivity index (χ1v) is 8.41. The van der Waals surface area contributed by atoms with Gasteiger partial charge < -0.3 is 10.6 Å². The van der Waals surface area contributed by atoms with Gasteiger partial charge in [0.05, 0.1) is 0 Å². The molecule has 1 saturated heterocycles. The summed E-state index contributed by atoms with van der Waals surface area (Å²) in [5.74, 6) is -0.664. The number of urea groups is 1. The quantitative estimate of drug-likeness (QED) is 0.827. The highest BCUT2D eigenvalue weighted by molar-refractivity contribution is 6.09. The molecule has 2 N–H and O–H groups in total. The zero-order valence-corrected chi connectivity index (χ0v) is 14.1. The van der Waals surface area contributed by atoms with E-state index in [2.05, 4.69) is 10.6 Å². The summed E-state index contributed by atoms with van der Waals surface area (Å²) in [5, 5.41) is 5.66. The summed E-state index contributed by atoms with van der Waals surface area (Å²) in [4.78, 5) is 38.3. The molecule has 0 bridgehead atoms. The molecule has 0 spiro atoms. The highest BCUT2D eigenvalue weighted by Crippen LogP contribution is 2.30. The number of hydrogen-bond acceptors (Lipinski definition) is 3. The molecule has 1 aliphatic heterocycles. The number of nitrogens with zero attached hydrogens (tertiary/aromatic N) is 1. The second-order valence-electron chi connectivity index (χ2n) is 6.81. The van der Waals surface area contributed by atoms with Gasteiger partial charge in [-0.15, -0.1) is 0 Å². The second-order valence-corrected chi connectivity index (χ2v) is 6.81. The average molecular weight is 329 g/mol. The van der Waals surface area contributed by atoms with Crippen LogP contribution in [-0.2, 0) is 15.1 Å². The Bertz CT molecular complexity index is 682. The third kappa shape index (κ3) is 2.88. The minimum absolute atomic E-state index is 0.168. The monoisotopic (exact) mass is 329 g/mol. The van der Waals surface area contributed by atoms with Gasteiger partial charge in [0.1, 0.15) is 12.1 Å². The molecule has 0 radical (unpaired) electrons. The van der Waals surface area contributed by atoms with Gasteiger partial charge in [0.2, 0.25) is 5.91 Å². The van der Waals surface area contributed by atoms with Gasteiger partial charge in [0.25, 0.3) is 5.91 Å². The summed E-state index contributed by atoms with van der Waals surface area (Å²) in [6.07, 6.45) is 4.15. The van der Waals surface area contributed by atoms with Crippen LogP contribution in [0.4, 0.5) is 4.79 Å². The Morgan fingerprint density at radius 2 is 1.96 bits per heavy atom. The Hall–Kier alpha value is -2.37. The van der Waals surface area contributed by atoms with Crippen molar-refractivity contribution in [2.75, 3.05) is 6.54 Å². The molecule has 0 unspecified atom stereocenters. The van der Waals surface area contributed by atoms with Crippen molar-refractivity contribution in [3.8, 4) is 0 Å². The van der Waals surface area contributed by atoms with Crippen LogP contribution in [-0.4, -0.2) is 35.3 Å². The normalized spacial score (nSPS) is 24.3. The molecule has 2 aliphatic rings. The summed E-state index contributed by atoms with van der Waals surface area (Å²) in [5.41, 5.74) is 0.545. The van der Waals surface area contributed by atoms with Crippen LogP contribution in [0, 0.1) is 6.92 Å². The summed E-state index contributed by atoms with van der Waals surface area (Å²) in [6, 6.07) is 7.09. The topological polar surface area (TPSA) is 78.5 Å². The number of carbonyl (C=O) groups excluding carboxylic acids is 3. The molecular weight excluding hydrogens is 306 g/mol. The number of imide groups is 1. The van der Waals surface area contributed by atoms with Gasteiger partial charge in [-0.05, 0) is 37.8 Å². The van der Waals surface area contributed by atoms with Gasteiger partial charge >= 0.3 is 6.03 Å². The number of nitrogens with one attached hydrogen (secondary N) is 2. The first kappa shape index (κ1) is 16.5. The zero-order valence-electron chi connectivity index (χ0n) is 14.1. The van der Waals surface area contributed by atoms with E-state index in [0.717, 1.165) is 41.7 Å². The van der Waals surface area contributed by atoms with Crippen LogP contribution in [0.15, 0.2) is 24.3 Å². The third-order valence-electron chi connectivity index (χ3n) is 4.98. The lowest BCUT2D eigenvalue weighted by Crippen LogP contribution is -2.45.